The molecule has 3 saturated carbocycles. The molecule has 0 spiro atoms. The first kappa shape index (κ1) is 26.7. The molecule has 3 heteroatoms. The number of allylic oxidation sites excluding steroid dienone is 4. The lowest BCUT2D eigenvalue weighted by atomic mass is 9.60. The molecular formula is C30H51NO2. The summed E-state index contributed by atoms with van der Waals surface area (Å²) in [5.41, 5.74) is 9.91. The highest BCUT2D eigenvalue weighted by Gasteiger charge is 2.50. The van der Waals surface area contributed by atoms with Crippen molar-refractivity contribution in [2.24, 2.45) is 28.9 Å². The molecular weight excluding hydrogens is 406 g/mol. The molecule has 0 amide bonds. The quantitative estimate of drug-likeness (QED) is 0.344. The highest BCUT2D eigenvalue weighted by Crippen LogP contribution is 2.60. The average Bonchev–Trinajstić information content (AvgIpc) is 3.10. The van der Waals surface area contributed by atoms with Crippen molar-refractivity contribution >= 4 is 0 Å². The highest BCUT2D eigenvalue weighted by atomic mass is 16.5. The minimum atomic E-state index is -0.534. The molecule has 5 atom stereocenters. The van der Waals surface area contributed by atoms with Crippen LogP contribution in [-0.4, -0.2) is 30.0 Å². The largest absolute Gasteiger partial charge is 0.390 e. The van der Waals surface area contributed by atoms with Gasteiger partial charge in [0, 0.05) is 6.61 Å². The van der Waals surface area contributed by atoms with E-state index in [-0.39, 0.29) is 0 Å². The first-order valence-corrected chi connectivity index (χ1v) is 13.8. The zero-order valence-electron chi connectivity index (χ0n) is 22.0. The molecule has 3 nitrogen and oxygen atoms in total. The number of fused-ring (bicyclic) bond motifs is 1. The van der Waals surface area contributed by atoms with Gasteiger partial charge >= 0.3 is 0 Å². The normalized spacial score (nSPS) is 34.1. The minimum absolute atomic E-state index is 0.323. The molecule has 33 heavy (non-hydrogen) atoms. The molecule has 3 aliphatic carbocycles. The lowest BCUT2D eigenvalue weighted by molar-refractivity contribution is 0.0435. The van der Waals surface area contributed by atoms with Crippen molar-refractivity contribution in [2.45, 2.75) is 116 Å². The molecule has 0 aliphatic heterocycles. The molecule has 0 aromatic rings. The number of nitrogens with two attached hydrogens (primary N) is 1. The van der Waals surface area contributed by atoms with E-state index in [4.69, 9.17) is 10.5 Å². The standard InChI is InChI=1S/C30H51NO2/c1-22-11-14-26(33-20-8-19-31)21-25(22)13-12-24-10-7-18-30(5)27(15-16-28(24)30)23(2)9-6-17-29(3,4)32/h12-13,23,26-28,32H,1,6-11,14-21,31H2,2-5H3/b24-12+,25-13-/t23-,26+,27-,28?,30-/m1/s1. The van der Waals surface area contributed by atoms with Crippen LogP contribution in [0, 0.1) is 23.2 Å². The minimum Gasteiger partial charge on any atom is -0.390 e. The van der Waals surface area contributed by atoms with E-state index in [1.54, 1.807) is 5.57 Å². The van der Waals surface area contributed by atoms with E-state index in [2.05, 4.69) is 32.6 Å². The number of hydrogen-bond acceptors (Lipinski definition) is 3. The van der Waals surface area contributed by atoms with Gasteiger partial charge in [-0.3, -0.25) is 0 Å². The Kier molecular flexibility index (Phi) is 9.46. The molecule has 3 fully saturated rings. The van der Waals surface area contributed by atoms with Crippen molar-refractivity contribution in [1.82, 2.24) is 0 Å². The lowest BCUT2D eigenvalue weighted by Gasteiger charge is -2.44. The Morgan fingerprint density at radius 2 is 2.00 bits per heavy atom. The van der Waals surface area contributed by atoms with E-state index in [9.17, 15) is 5.11 Å². The number of aliphatic hydroxyl groups is 1. The fourth-order valence-corrected chi connectivity index (χ4v) is 7.13. The molecule has 0 bridgehead atoms. The van der Waals surface area contributed by atoms with E-state index >= 15 is 0 Å². The van der Waals surface area contributed by atoms with Gasteiger partial charge in [0.15, 0.2) is 0 Å². The maximum Gasteiger partial charge on any atom is 0.0618 e. The molecule has 3 rings (SSSR count). The Morgan fingerprint density at radius 1 is 1.21 bits per heavy atom. The van der Waals surface area contributed by atoms with Gasteiger partial charge in [0.2, 0.25) is 0 Å². The van der Waals surface area contributed by atoms with Crippen LogP contribution < -0.4 is 5.73 Å². The molecule has 0 saturated heterocycles. The lowest BCUT2D eigenvalue weighted by Crippen LogP contribution is -2.36. The topological polar surface area (TPSA) is 55.5 Å². The molecule has 0 aromatic heterocycles. The summed E-state index contributed by atoms with van der Waals surface area (Å²) in [6.45, 7) is 14.8. The first-order chi connectivity index (χ1) is 15.6. The molecule has 3 aliphatic rings. The molecule has 0 heterocycles. The Bertz CT molecular complexity index is 715. The second kappa shape index (κ2) is 11.7. The summed E-state index contributed by atoms with van der Waals surface area (Å²) >= 11 is 0. The maximum absolute atomic E-state index is 10.1. The van der Waals surface area contributed by atoms with Crippen LogP contribution in [0.25, 0.3) is 0 Å². The third-order valence-corrected chi connectivity index (χ3v) is 9.04. The van der Waals surface area contributed by atoms with Gasteiger partial charge in [-0.25, -0.2) is 0 Å². The van der Waals surface area contributed by atoms with Crippen molar-refractivity contribution in [3.05, 3.63) is 35.5 Å². The zero-order chi connectivity index (χ0) is 24.1. The summed E-state index contributed by atoms with van der Waals surface area (Å²) in [5, 5.41) is 10.1. The summed E-state index contributed by atoms with van der Waals surface area (Å²) in [4.78, 5) is 0. The fourth-order valence-electron chi connectivity index (χ4n) is 7.13. The highest BCUT2D eigenvalue weighted by molar-refractivity contribution is 5.36. The van der Waals surface area contributed by atoms with Gasteiger partial charge in [-0.15, -0.1) is 0 Å². The molecule has 3 N–H and O–H groups in total. The van der Waals surface area contributed by atoms with E-state index in [0.717, 1.165) is 62.9 Å². The third kappa shape index (κ3) is 7.05. The van der Waals surface area contributed by atoms with Crippen molar-refractivity contribution in [3.8, 4) is 0 Å². The smallest absolute Gasteiger partial charge is 0.0618 e. The maximum atomic E-state index is 10.1. The Balaban J connectivity index is 1.64. The molecule has 1 unspecified atom stereocenters. The number of ether oxygens (including phenoxy) is 1. The third-order valence-electron chi connectivity index (χ3n) is 9.04. The monoisotopic (exact) mass is 457 g/mol. The van der Waals surface area contributed by atoms with Crippen molar-refractivity contribution in [3.63, 3.8) is 0 Å². The van der Waals surface area contributed by atoms with Crippen LogP contribution in [0.15, 0.2) is 35.5 Å². The fraction of sp³-hybridized carbons (Fsp3) is 0.800. The van der Waals surface area contributed by atoms with Gasteiger partial charge in [0.25, 0.3) is 0 Å². The summed E-state index contributed by atoms with van der Waals surface area (Å²) < 4.78 is 6.07. The van der Waals surface area contributed by atoms with Crippen molar-refractivity contribution in [1.29, 1.82) is 0 Å². The SMILES string of the molecule is C=C1CC[C@H](OCCCN)C/C1=C/C=C1\CCC[C@@]2(C)C1CC[C@@H]2[C@H](C)CCCC(C)(C)O. The van der Waals surface area contributed by atoms with Crippen molar-refractivity contribution < 1.29 is 9.84 Å². The van der Waals surface area contributed by atoms with E-state index in [1.807, 2.05) is 13.8 Å². The van der Waals surface area contributed by atoms with E-state index in [1.165, 1.54) is 49.7 Å². The van der Waals surface area contributed by atoms with E-state index < -0.39 is 5.60 Å². The Hall–Kier alpha value is -0.900. The van der Waals surface area contributed by atoms with Gasteiger partial charge in [-0.2, -0.15) is 0 Å². The average molecular weight is 458 g/mol. The van der Waals surface area contributed by atoms with Gasteiger partial charge in [-0.1, -0.05) is 56.6 Å². The van der Waals surface area contributed by atoms with E-state index in [0.29, 0.717) is 18.1 Å². The summed E-state index contributed by atoms with van der Waals surface area (Å²) in [7, 11) is 0. The number of hydrogen-bond donors (Lipinski definition) is 2. The van der Waals surface area contributed by atoms with Crippen LogP contribution in [0.5, 0.6) is 0 Å². The van der Waals surface area contributed by atoms with Gasteiger partial charge in [0.1, 0.15) is 0 Å². The van der Waals surface area contributed by atoms with Crippen LogP contribution in [0.1, 0.15) is 105 Å². The van der Waals surface area contributed by atoms with Crippen LogP contribution in [0.4, 0.5) is 0 Å². The van der Waals surface area contributed by atoms with Crippen LogP contribution >= 0.6 is 0 Å². The van der Waals surface area contributed by atoms with Crippen LogP contribution in [0.3, 0.4) is 0 Å². The summed E-state index contributed by atoms with van der Waals surface area (Å²) in [6.07, 6.45) is 19.2. The summed E-state index contributed by atoms with van der Waals surface area (Å²) in [5.74, 6) is 2.29. The zero-order valence-corrected chi connectivity index (χ0v) is 22.0. The second-order valence-electron chi connectivity index (χ2n) is 12.2. The molecule has 0 aromatic carbocycles. The molecule has 188 valence electrons. The number of rotatable bonds is 10. The van der Waals surface area contributed by atoms with Gasteiger partial charge in [-0.05, 0) is 113 Å². The van der Waals surface area contributed by atoms with Crippen LogP contribution in [-0.2, 0) is 4.74 Å². The van der Waals surface area contributed by atoms with Gasteiger partial charge < -0.3 is 15.6 Å². The molecule has 0 radical (unpaired) electrons. The van der Waals surface area contributed by atoms with Crippen molar-refractivity contribution in [2.75, 3.05) is 13.2 Å². The summed E-state index contributed by atoms with van der Waals surface area (Å²) in [6, 6.07) is 0. The van der Waals surface area contributed by atoms with Gasteiger partial charge in [0.05, 0.1) is 11.7 Å². The predicted octanol–water partition coefficient (Wildman–Crippen LogP) is 7.11. The second-order valence-corrected chi connectivity index (χ2v) is 12.2. The Labute approximate surface area is 203 Å². The van der Waals surface area contributed by atoms with Crippen LogP contribution in [0.2, 0.25) is 0 Å². The predicted molar refractivity (Wildman–Crippen MR) is 140 cm³/mol. The first-order valence-electron chi connectivity index (χ1n) is 13.8. The Morgan fingerprint density at radius 3 is 2.73 bits per heavy atom.